The summed E-state index contributed by atoms with van der Waals surface area (Å²) >= 11 is 1.65. The van der Waals surface area contributed by atoms with Crippen molar-refractivity contribution in [1.29, 1.82) is 0 Å². The van der Waals surface area contributed by atoms with Gasteiger partial charge in [-0.2, -0.15) is 0 Å². The highest BCUT2D eigenvalue weighted by Gasteiger charge is 2.39. The molecule has 2 N–H and O–H groups in total. The molecule has 0 saturated carbocycles. The van der Waals surface area contributed by atoms with Gasteiger partial charge in [0.15, 0.2) is 0 Å². The van der Waals surface area contributed by atoms with Crippen LogP contribution in [0.4, 0.5) is 0 Å². The average molecular weight is 313 g/mol. The van der Waals surface area contributed by atoms with E-state index in [0.717, 1.165) is 19.5 Å². The molecule has 0 aromatic carbocycles. The zero-order valence-electron chi connectivity index (χ0n) is 13.4. The number of amides is 2. The number of hydrogen-bond donors (Lipinski definition) is 2. The Kier molecular flexibility index (Phi) is 5.20. The Balaban J connectivity index is 1.99. The van der Waals surface area contributed by atoms with E-state index in [0.29, 0.717) is 17.5 Å². The zero-order valence-corrected chi connectivity index (χ0v) is 14.3. The molecule has 0 spiro atoms. The SMILES string of the molecule is CC1CCNCC1NC(=O)C1CSCN1C(=O)C(C)(C)C. The van der Waals surface area contributed by atoms with Crippen LogP contribution in [0.15, 0.2) is 0 Å². The molecule has 2 saturated heterocycles. The van der Waals surface area contributed by atoms with Gasteiger partial charge in [-0.1, -0.05) is 27.7 Å². The van der Waals surface area contributed by atoms with Crippen LogP contribution in [-0.4, -0.2) is 53.5 Å². The number of nitrogens with one attached hydrogen (secondary N) is 2. The fourth-order valence-corrected chi connectivity index (χ4v) is 3.91. The lowest BCUT2D eigenvalue weighted by molar-refractivity contribution is -0.144. The molecule has 2 heterocycles. The van der Waals surface area contributed by atoms with Gasteiger partial charge in [0.25, 0.3) is 0 Å². The molecule has 5 nitrogen and oxygen atoms in total. The van der Waals surface area contributed by atoms with E-state index < -0.39 is 5.41 Å². The number of carbonyl (C=O) groups is 2. The lowest BCUT2D eigenvalue weighted by atomic mass is 9.93. The fraction of sp³-hybridized carbons (Fsp3) is 0.867. The first-order valence-corrected chi connectivity index (χ1v) is 8.86. The van der Waals surface area contributed by atoms with E-state index >= 15 is 0 Å². The van der Waals surface area contributed by atoms with Gasteiger partial charge in [-0.05, 0) is 18.9 Å². The quantitative estimate of drug-likeness (QED) is 0.800. The highest BCUT2D eigenvalue weighted by Crippen LogP contribution is 2.27. The molecule has 0 aliphatic carbocycles. The molecule has 0 aromatic heterocycles. The summed E-state index contributed by atoms with van der Waals surface area (Å²) in [6.07, 6.45) is 1.08. The van der Waals surface area contributed by atoms with Crippen LogP contribution in [-0.2, 0) is 9.59 Å². The Labute approximate surface area is 131 Å². The second kappa shape index (κ2) is 6.57. The summed E-state index contributed by atoms with van der Waals surface area (Å²) in [7, 11) is 0. The molecule has 6 heteroatoms. The van der Waals surface area contributed by atoms with Crippen LogP contribution in [0.25, 0.3) is 0 Å². The van der Waals surface area contributed by atoms with Gasteiger partial charge < -0.3 is 15.5 Å². The van der Waals surface area contributed by atoms with Gasteiger partial charge >= 0.3 is 0 Å². The van der Waals surface area contributed by atoms with Crippen LogP contribution in [0.3, 0.4) is 0 Å². The molecule has 0 aromatic rings. The molecule has 0 bridgehead atoms. The Morgan fingerprint density at radius 1 is 1.33 bits per heavy atom. The van der Waals surface area contributed by atoms with E-state index in [2.05, 4.69) is 17.6 Å². The number of piperidine rings is 1. The topological polar surface area (TPSA) is 61.4 Å². The summed E-state index contributed by atoms with van der Waals surface area (Å²) in [5.41, 5.74) is -0.441. The number of thioether (sulfide) groups is 1. The molecule has 21 heavy (non-hydrogen) atoms. The zero-order chi connectivity index (χ0) is 15.6. The second-order valence-corrected chi connectivity index (χ2v) is 8.13. The average Bonchev–Trinajstić information content (AvgIpc) is 2.88. The minimum absolute atomic E-state index is 0.00171. The Hall–Kier alpha value is -0.750. The summed E-state index contributed by atoms with van der Waals surface area (Å²) in [5.74, 6) is 1.85. The third-order valence-electron chi connectivity index (χ3n) is 4.24. The summed E-state index contributed by atoms with van der Waals surface area (Å²) in [5, 5.41) is 6.46. The molecule has 3 atom stereocenters. The van der Waals surface area contributed by atoms with Crippen LogP contribution in [0, 0.1) is 11.3 Å². The second-order valence-electron chi connectivity index (χ2n) is 7.13. The van der Waals surface area contributed by atoms with E-state index in [1.165, 1.54) is 0 Å². The van der Waals surface area contributed by atoms with E-state index in [-0.39, 0.29) is 23.9 Å². The third-order valence-corrected chi connectivity index (χ3v) is 5.25. The number of hydrogen-bond acceptors (Lipinski definition) is 4. The highest BCUT2D eigenvalue weighted by molar-refractivity contribution is 7.99. The van der Waals surface area contributed by atoms with Gasteiger partial charge in [-0.25, -0.2) is 0 Å². The van der Waals surface area contributed by atoms with Gasteiger partial charge in [-0.3, -0.25) is 9.59 Å². The van der Waals surface area contributed by atoms with Gasteiger partial charge in [0.1, 0.15) is 6.04 Å². The Morgan fingerprint density at radius 3 is 2.67 bits per heavy atom. The first-order valence-electron chi connectivity index (χ1n) is 7.70. The maximum atomic E-state index is 12.6. The molecule has 2 amide bonds. The summed E-state index contributed by atoms with van der Waals surface area (Å²) in [6.45, 7) is 9.72. The van der Waals surface area contributed by atoms with E-state index in [4.69, 9.17) is 0 Å². The van der Waals surface area contributed by atoms with Crippen LogP contribution in [0.5, 0.6) is 0 Å². The molecule has 2 rings (SSSR count). The van der Waals surface area contributed by atoms with Crippen LogP contribution in [0.2, 0.25) is 0 Å². The monoisotopic (exact) mass is 313 g/mol. The van der Waals surface area contributed by atoms with Crippen LogP contribution < -0.4 is 10.6 Å². The van der Waals surface area contributed by atoms with Crippen molar-refractivity contribution < 1.29 is 9.59 Å². The van der Waals surface area contributed by atoms with Gasteiger partial charge in [0.2, 0.25) is 11.8 Å². The minimum Gasteiger partial charge on any atom is -0.350 e. The molecular formula is C15H27N3O2S. The van der Waals surface area contributed by atoms with Crippen molar-refractivity contribution in [2.24, 2.45) is 11.3 Å². The van der Waals surface area contributed by atoms with Crippen molar-refractivity contribution in [3.8, 4) is 0 Å². The molecular weight excluding hydrogens is 286 g/mol. The van der Waals surface area contributed by atoms with Crippen molar-refractivity contribution in [3.05, 3.63) is 0 Å². The first kappa shape index (κ1) is 16.6. The lowest BCUT2D eigenvalue weighted by Crippen LogP contribution is -2.56. The van der Waals surface area contributed by atoms with Crippen molar-refractivity contribution in [2.45, 2.75) is 46.2 Å². The van der Waals surface area contributed by atoms with Crippen molar-refractivity contribution in [2.75, 3.05) is 24.7 Å². The van der Waals surface area contributed by atoms with Crippen LogP contribution >= 0.6 is 11.8 Å². The smallest absolute Gasteiger partial charge is 0.243 e. The largest absolute Gasteiger partial charge is 0.350 e. The standard InChI is InChI=1S/C15H27N3O2S/c1-10-5-6-16-7-11(10)17-13(19)12-8-21-9-18(12)14(20)15(2,3)4/h10-12,16H,5-9H2,1-4H3,(H,17,19). The van der Waals surface area contributed by atoms with Gasteiger partial charge in [-0.15, -0.1) is 11.8 Å². The number of nitrogens with zero attached hydrogens (tertiary/aromatic N) is 1. The number of rotatable bonds is 2. The van der Waals surface area contributed by atoms with Gasteiger partial charge in [0, 0.05) is 23.8 Å². The van der Waals surface area contributed by atoms with Gasteiger partial charge in [0.05, 0.1) is 5.88 Å². The van der Waals surface area contributed by atoms with Crippen LogP contribution in [0.1, 0.15) is 34.1 Å². The number of carbonyl (C=O) groups excluding carboxylic acids is 2. The predicted octanol–water partition coefficient (Wildman–Crippen LogP) is 1.05. The molecule has 2 fully saturated rings. The van der Waals surface area contributed by atoms with E-state index in [9.17, 15) is 9.59 Å². The van der Waals surface area contributed by atoms with Crippen molar-refractivity contribution in [1.82, 2.24) is 15.5 Å². The first-order chi connectivity index (χ1) is 9.80. The lowest BCUT2D eigenvalue weighted by Gasteiger charge is -2.33. The van der Waals surface area contributed by atoms with Crippen molar-refractivity contribution >= 4 is 23.6 Å². The third kappa shape index (κ3) is 3.92. The summed E-state index contributed by atoms with van der Waals surface area (Å²) < 4.78 is 0. The molecule has 120 valence electrons. The fourth-order valence-electron chi connectivity index (χ4n) is 2.75. The summed E-state index contributed by atoms with van der Waals surface area (Å²) in [6, 6.07) is -0.153. The predicted molar refractivity (Wildman–Crippen MR) is 86.0 cm³/mol. The molecule has 2 aliphatic heterocycles. The maximum Gasteiger partial charge on any atom is 0.243 e. The molecule has 0 radical (unpaired) electrons. The van der Waals surface area contributed by atoms with Crippen molar-refractivity contribution in [3.63, 3.8) is 0 Å². The maximum absolute atomic E-state index is 12.6. The normalized spacial score (nSPS) is 30.3. The molecule has 3 unspecified atom stereocenters. The summed E-state index contributed by atoms with van der Waals surface area (Å²) in [4.78, 5) is 26.8. The van der Waals surface area contributed by atoms with E-state index in [1.54, 1.807) is 16.7 Å². The Morgan fingerprint density at radius 2 is 2.05 bits per heavy atom. The molecule has 2 aliphatic rings. The van der Waals surface area contributed by atoms with E-state index in [1.807, 2.05) is 20.8 Å². The highest BCUT2D eigenvalue weighted by atomic mass is 32.2. The Bertz CT molecular complexity index is 408. The minimum atomic E-state index is -0.441.